The number of benzene rings is 1. The molecule has 0 saturated heterocycles. The number of ether oxygens (including phenoxy) is 1. The van der Waals surface area contributed by atoms with Crippen molar-refractivity contribution in [2.24, 2.45) is 0 Å². The van der Waals surface area contributed by atoms with E-state index in [0.717, 1.165) is 5.69 Å². The second kappa shape index (κ2) is 6.50. The van der Waals surface area contributed by atoms with Gasteiger partial charge in [-0.15, -0.1) is 0 Å². The summed E-state index contributed by atoms with van der Waals surface area (Å²) in [6.45, 7) is -0.386. The molecule has 0 unspecified atom stereocenters. The van der Waals surface area contributed by atoms with E-state index in [1.807, 2.05) is 18.2 Å². The molecule has 0 bridgehead atoms. The molecule has 0 saturated carbocycles. The number of aromatic nitrogens is 2. The standard InChI is InChI=1S/C17H14BrFN2O2/c1-23-16-8-15-13(7-14(16)18)11(9-19)6-17(22)21(15)10-12-4-2-3-5-20-12/h2-8H,9-10H2,1H3. The first kappa shape index (κ1) is 15.7. The van der Waals surface area contributed by atoms with Gasteiger partial charge in [0.05, 0.1) is 29.3 Å². The van der Waals surface area contributed by atoms with Crippen LogP contribution >= 0.6 is 15.9 Å². The van der Waals surface area contributed by atoms with Gasteiger partial charge >= 0.3 is 0 Å². The molecule has 0 spiro atoms. The van der Waals surface area contributed by atoms with Gasteiger partial charge in [0, 0.05) is 23.7 Å². The van der Waals surface area contributed by atoms with Gasteiger partial charge in [-0.1, -0.05) is 6.07 Å². The maximum absolute atomic E-state index is 13.3. The zero-order valence-electron chi connectivity index (χ0n) is 12.4. The van der Waals surface area contributed by atoms with Crippen LogP contribution in [-0.4, -0.2) is 16.7 Å². The molecular formula is C17H14BrFN2O2. The van der Waals surface area contributed by atoms with Crippen molar-refractivity contribution in [3.63, 3.8) is 0 Å². The molecule has 3 rings (SSSR count). The van der Waals surface area contributed by atoms with Gasteiger partial charge in [0.1, 0.15) is 12.4 Å². The average molecular weight is 377 g/mol. The first-order valence-corrected chi connectivity index (χ1v) is 7.79. The number of halogens is 2. The predicted molar refractivity (Wildman–Crippen MR) is 90.6 cm³/mol. The summed E-state index contributed by atoms with van der Waals surface area (Å²) in [5.74, 6) is 0.586. The molecule has 0 aliphatic heterocycles. The summed E-state index contributed by atoms with van der Waals surface area (Å²) in [4.78, 5) is 16.7. The Morgan fingerprint density at radius 2 is 2.13 bits per heavy atom. The van der Waals surface area contributed by atoms with E-state index in [2.05, 4.69) is 20.9 Å². The number of nitrogens with zero attached hydrogens (tertiary/aromatic N) is 2. The third kappa shape index (κ3) is 2.99. The highest BCUT2D eigenvalue weighted by atomic mass is 79.9. The Kier molecular flexibility index (Phi) is 4.43. The summed E-state index contributed by atoms with van der Waals surface area (Å²) in [6, 6.07) is 10.4. The fourth-order valence-electron chi connectivity index (χ4n) is 2.53. The van der Waals surface area contributed by atoms with Gasteiger partial charge in [-0.05, 0) is 39.7 Å². The van der Waals surface area contributed by atoms with Crippen LogP contribution in [0.2, 0.25) is 0 Å². The van der Waals surface area contributed by atoms with Crippen LogP contribution in [0, 0.1) is 0 Å². The molecule has 3 aromatic rings. The van der Waals surface area contributed by atoms with Crippen LogP contribution in [0.25, 0.3) is 10.9 Å². The number of hydrogen-bond acceptors (Lipinski definition) is 3. The Bertz CT molecular complexity index is 910. The molecule has 23 heavy (non-hydrogen) atoms. The molecular weight excluding hydrogens is 363 g/mol. The lowest BCUT2D eigenvalue weighted by molar-refractivity contribution is 0.412. The molecule has 0 N–H and O–H groups in total. The van der Waals surface area contributed by atoms with Crippen molar-refractivity contribution in [3.05, 3.63) is 68.7 Å². The molecule has 118 valence electrons. The van der Waals surface area contributed by atoms with E-state index < -0.39 is 6.67 Å². The lowest BCUT2D eigenvalue weighted by Gasteiger charge is -2.14. The normalized spacial score (nSPS) is 10.9. The quantitative estimate of drug-likeness (QED) is 0.697. The van der Waals surface area contributed by atoms with Crippen molar-refractivity contribution in [3.8, 4) is 5.75 Å². The number of alkyl halides is 1. The summed E-state index contributed by atoms with van der Waals surface area (Å²) in [5, 5.41) is 0.677. The summed E-state index contributed by atoms with van der Waals surface area (Å²) in [5.41, 5.74) is 1.48. The van der Waals surface area contributed by atoms with E-state index >= 15 is 0 Å². The number of methoxy groups -OCH3 is 1. The Balaban J connectivity index is 2.28. The van der Waals surface area contributed by atoms with Crippen molar-refractivity contribution in [2.75, 3.05) is 7.11 Å². The van der Waals surface area contributed by atoms with Gasteiger partial charge in [0.25, 0.3) is 5.56 Å². The van der Waals surface area contributed by atoms with E-state index in [-0.39, 0.29) is 5.56 Å². The zero-order chi connectivity index (χ0) is 16.4. The topological polar surface area (TPSA) is 44.1 Å². The van der Waals surface area contributed by atoms with E-state index in [1.165, 1.54) is 6.07 Å². The van der Waals surface area contributed by atoms with Crippen molar-refractivity contribution in [1.29, 1.82) is 0 Å². The van der Waals surface area contributed by atoms with Crippen LogP contribution in [0.15, 0.2) is 51.9 Å². The SMILES string of the molecule is COc1cc2c(cc1Br)c(CF)cc(=O)n2Cc1ccccn1. The van der Waals surface area contributed by atoms with Crippen LogP contribution in [0.1, 0.15) is 11.3 Å². The van der Waals surface area contributed by atoms with Crippen molar-refractivity contribution in [1.82, 2.24) is 9.55 Å². The minimum Gasteiger partial charge on any atom is -0.495 e. The molecule has 2 heterocycles. The van der Waals surface area contributed by atoms with Gasteiger partial charge in [-0.2, -0.15) is 0 Å². The molecule has 0 amide bonds. The summed E-state index contributed by atoms with van der Waals surface area (Å²) in [6.07, 6.45) is 1.68. The predicted octanol–water partition coefficient (Wildman–Crippen LogP) is 3.69. The third-order valence-corrected chi connectivity index (χ3v) is 4.28. The van der Waals surface area contributed by atoms with E-state index in [4.69, 9.17) is 4.74 Å². The molecule has 4 nitrogen and oxygen atoms in total. The summed E-state index contributed by atoms with van der Waals surface area (Å²) in [7, 11) is 1.55. The van der Waals surface area contributed by atoms with Crippen molar-refractivity contribution >= 4 is 26.8 Å². The van der Waals surface area contributed by atoms with Crippen molar-refractivity contribution < 1.29 is 9.13 Å². The Morgan fingerprint density at radius 1 is 1.30 bits per heavy atom. The smallest absolute Gasteiger partial charge is 0.251 e. The van der Waals surface area contributed by atoms with E-state index in [1.54, 1.807) is 30.0 Å². The minimum absolute atomic E-state index is 0.264. The maximum atomic E-state index is 13.3. The lowest BCUT2D eigenvalue weighted by atomic mass is 10.1. The van der Waals surface area contributed by atoms with Gasteiger partial charge < -0.3 is 9.30 Å². The number of hydrogen-bond donors (Lipinski definition) is 0. The Morgan fingerprint density at radius 3 is 2.78 bits per heavy atom. The molecule has 0 atom stereocenters. The van der Waals surface area contributed by atoms with Gasteiger partial charge in [-0.25, -0.2) is 4.39 Å². The van der Waals surface area contributed by atoms with Gasteiger partial charge in [0.2, 0.25) is 0 Å². The van der Waals surface area contributed by atoms with Crippen LogP contribution in [-0.2, 0) is 13.2 Å². The summed E-state index contributed by atoms with van der Waals surface area (Å²) >= 11 is 3.40. The first-order chi connectivity index (χ1) is 11.1. The highest BCUT2D eigenvalue weighted by molar-refractivity contribution is 9.10. The van der Waals surface area contributed by atoms with Crippen LogP contribution < -0.4 is 10.3 Å². The maximum Gasteiger partial charge on any atom is 0.251 e. The Hall–Kier alpha value is -2.21. The molecule has 2 aromatic heterocycles. The molecule has 0 fully saturated rings. The highest BCUT2D eigenvalue weighted by Crippen LogP contribution is 2.31. The Labute approximate surface area is 140 Å². The molecule has 6 heteroatoms. The van der Waals surface area contributed by atoms with Crippen LogP contribution in [0.3, 0.4) is 0 Å². The number of fused-ring (bicyclic) bond motifs is 1. The number of rotatable bonds is 4. The largest absolute Gasteiger partial charge is 0.495 e. The fraction of sp³-hybridized carbons (Fsp3) is 0.176. The van der Waals surface area contributed by atoms with Crippen molar-refractivity contribution in [2.45, 2.75) is 13.2 Å². The molecule has 0 aliphatic rings. The average Bonchev–Trinajstić information content (AvgIpc) is 2.57. The van der Waals surface area contributed by atoms with E-state index in [0.29, 0.717) is 33.2 Å². The van der Waals surface area contributed by atoms with Crippen LogP contribution in [0.5, 0.6) is 5.75 Å². The van der Waals surface area contributed by atoms with Crippen LogP contribution in [0.4, 0.5) is 4.39 Å². The monoisotopic (exact) mass is 376 g/mol. The fourth-order valence-corrected chi connectivity index (χ4v) is 3.04. The summed E-state index contributed by atoms with van der Waals surface area (Å²) < 4.78 is 20.9. The van der Waals surface area contributed by atoms with Gasteiger partial charge in [-0.3, -0.25) is 9.78 Å². The highest BCUT2D eigenvalue weighted by Gasteiger charge is 2.13. The molecule has 0 aliphatic carbocycles. The molecule has 1 aromatic carbocycles. The number of pyridine rings is 2. The lowest BCUT2D eigenvalue weighted by Crippen LogP contribution is -2.21. The zero-order valence-corrected chi connectivity index (χ0v) is 14.0. The first-order valence-electron chi connectivity index (χ1n) is 7.00. The van der Waals surface area contributed by atoms with Gasteiger partial charge in [0.15, 0.2) is 0 Å². The minimum atomic E-state index is -0.699. The third-order valence-electron chi connectivity index (χ3n) is 3.66. The van der Waals surface area contributed by atoms with E-state index in [9.17, 15) is 9.18 Å². The molecule has 0 radical (unpaired) electrons. The second-order valence-corrected chi connectivity index (χ2v) is 5.91. The second-order valence-electron chi connectivity index (χ2n) is 5.05.